The lowest BCUT2D eigenvalue weighted by Crippen LogP contribution is -2.48. The summed E-state index contributed by atoms with van der Waals surface area (Å²) in [5.74, 6) is 1.62. The van der Waals surface area contributed by atoms with Crippen molar-refractivity contribution in [2.75, 3.05) is 33.0 Å². The summed E-state index contributed by atoms with van der Waals surface area (Å²) in [6.45, 7) is 3.81. The first kappa shape index (κ1) is 18.7. The Labute approximate surface area is 173 Å². The molecule has 1 aromatic heterocycles. The van der Waals surface area contributed by atoms with Gasteiger partial charge in [0, 0.05) is 32.7 Å². The minimum Gasteiger partial charge on any atom is -0.454 e. The number of furan rings is 1. The Morgan fingerprint density at radius 3 is 2.57 bits per heavy atom. The van der Waals surface area contributed by atoms with Crippen LogP contribution in [0.2, 0.25) is 0 Å². The third-order valence-corrected chi connectivity index (χ3v) is 5.46. The number of carbonyl (C=O) groups is 1. The number of fused-ring (bicyclic) bond motifs is 1. The highest BCUT2D eigenvalue weighted by atomic mass is 19.1. The van der Waals surface area contributed by atoms with Gasteiger partial charge in [-0.15, -0.1) is 0 Å². The smallest absolute Gasteiger partial charge is 0.289 e. The second-order valence-electron chi connectivity index (χ2n) is 7.40. The highest BCUT2D eigenvalue weighted by Crippen LogP contribution is 2.33. The number of ether oxygens (including phenoxy) is 2. The Hall–Kier alpha value is -3.32. The molecule has 2 aromatic carbocycles. The van der Waals surface area contributed by atoms with Crippen LogP contribution in [-0.2, 0) is 6.54 Å². The first-order valence-electron chi connectivity index (χ1n) is 9.92. The predicted molar refractivity (Wildman–Crippen MR) is 108 cm³/mol. The summed E-state index contributed by atoms with van der Waals surface area (Å²) in [5.41, 5.74) is 1.50. The van der Waals surface area contributed by atoms with E-state index >= 15 is 0 Å². The van der Waals surface area contributed by atoms with Crippen molar-refractivity contribution < 1.29 is 23.1 Å². The molecule has 0 aliphatic carbocycles. The fourth-order valence-electron chi connectivity index (χ4n) is 3.82. The Balaban J connectivity index is 1.20. The Morgan fingerprint density at radius 1 is 0.933 bits per heavy atom. The minimum atomic E-state index is -0.372. The maximum Gasteiger partial charge on any atom is 0.289 e. The van der Waals surface area contributed by atoms with Crippen LogP contribution >= 0.6 is 0 Å². The quantitative estimate of drug-likeness (QED) is 0.658. The van der Waals surface area contributed by atoms with Gasteiger partial charge < -0.3 is 18.8 Å². The second-order valence-corrected chi connectivity index (χ2v) is 7.40. The summed E-state index contributed by atoms with van der Waals surface area (Å²) in [5, 5.41) is 0. The molecule has 1 fully saturated rings. The first-order chi connectivity index (χ1) is 14.7. The summed E-state index contributed by atoms with van der Waals surface area (Å²) in [6, 6.07) is 15.6. The van der Waals surface area contributed by atoms with Crippen molar-refractivity contribution in [2.24, 2.45) is 0 Å². The van der Waals surface area contributed by atoms with Crippen molar-refractivity contribution in [3.63, 3.8) is 0 Å². The van der Waals surface area contributed by atoms with Crippen LogP contribution in [0.15, 0.2) is 59.0 Å². The summed E-state index contributed by atoms with van der Waals surface area (Å²) >= 11 is 0. The van der Waals surface area contributed by atoms with Gasteiger partial charge in [0.15, 0.2) is 17.3 Å². The molecule has 154 valence electrons. The molecule has 30 heavy (non-hydrogen) atoms. The third kappa shape index (κ3) is 3.64. The van der Waals surface area contributed by atoms with Crippen LogP contribution in [0.1, 0.15) is 16.1 Å². The van der Waals surface area contributed by atoms with Crippen molar-refractivity contribution in [3.8, 4) is 22.8 Å². The number of carbonyl (C=O) groups excluding carboxylic acids is 1. The molecule has 0 bridgehead atoms. The van der Waals surface area contributed by atoms with Gasteiger partial charge in [-0.2, -0.15) is 0 Å². The Bertz CT molecular complexity index is 1070. The van der Waals surface area contributed by atoms with Gasteiger partial charge in [0.2, 0.25) is 6.79 Å². The largest absolute Gasteiger partial charge is 0.454 e. The summed E-state index contributed by atoms with van der Waals surface area (Å²) in [4.78, 5) is 16.9. The monoisotopic (exact) mass is 408 g/mol. The van der Waals surface area contributed by atoms with Gasteiger partial charge in [-0.25, -0.2) is 4.39 Å². The van der Waals surface area contributed by atoms with E-state index in [0.717, 1.165) is 36.7 Å². The molecule has 0 radical (unpaired) electrons. The normalized spacial score (nSPS) is 16.1. The lowest BCUT2D eigenvalue weighted by atomic mass is 10.1. The molecule has 0 unspecified atom stereocenters. The molecule has 0 atom stereocenters. The summed E-state index contributed by atoms with van der Waals surface area (Å²) in [7, 11) is 0. The van der Waals surface area contributed by atoms with E-state index in [1.165, 1.54) is 6.07 Å². The Morgan fingerprint density at radius 2 is 1.73 bits per heavy atom. The topological polar surface area (TPSA) is 55.2 Å². The van der Waals surface area contributed by atoms with Gasteiger partial charge in [-0.05, 0) is 42.0 Å². The van der Waals surface area contributed by atoms with E-state index in [1.54, 1.807) is 35.2 Å². The maximum atomic E-state index is 14.0. The Kier molecular flexibility index (Phi) is 4.88. The molecule has 1 saturated heterocycles. The molecule has 2 aliphatic heterocycles. The highest BCUT2D eigenvalue weighted by Gasteiger charge is 2.25. The number of piperazine rings is 1. The molecule has 0 spiro atoms. The van der Waals surface area contributed by atoms with E-state index in [0.29, 0.717) is 24.4 Å². The zero-order valence-corrected chi connectivity index (χ0v) is 16.3. The van der Waals surface area contributed by atoms with Gasteiger partial charge in [-0.1, -0.05) is 18.2 Å². The number of nitrogens with zero attached hydrogens (tertiary/aromatic N) is 2. The van der Waals surface area contributed by atoms with Crippen molar-refractivity contribution in [1.29, 1.82) is 0 Å². The van der Waals surface area contributed by atoms with Crippen LogP contribution in [-0.4, -0.2) is 48.7 Å². The predicted octanol–water partition coefficient (Wildman–Crippen LogP) is 3.77. The molecule has 7 heteroatoms. The number of rotatable bonds is 4. The molecule has 6 nitrogen and oxygen atoms in total. The first-order valence-corrected chi connectivity index (χ1v) is 9.92. The lowest BCUT2D eigenvalue weighted by Gasteiger charge is -2.34. The highest BCUT2D eigenvalue weighted by molar-refractivity contribution is 5.92. The van der Waals surface area contributed by atoms with Gasteiger partial charge >= 0.3 is 0 Å². The van der Waals surface area contributed by atoms with Crippen LogP contribution in [0, 0.1) is 5.82 Å². The fourth-order valence-corrected chi connectivity index (χ4v) is 3.82. The van der Waals surface area contributed by atoms with E-state index in [-0.39, 0.29) is 24.3 Å². The molecule has 3 heterocycles. The number of halogens is 1. The van der Waals surface area contributed by atoms with Crippen LogP contribution in [0.25, 0.3) is 11.3 Å². The molecule has 5 rings (SSSR count). The number of hydrogen-bond donors (Lipinski definition) is 0. The molecule has 1 amide bonds. The van der Waals surface area contributed by atoms with E-state index in [1.807, 2.05) is 18.2 Å². The zero-order chi connectivity index (χ0) is 20.5. The molecule has 0 N–H and O–H groups in total. The van der Waals surface area contributed by atoms with E-state index in [2.05, 4.69) is 4.90 Å². The van der Waals surface area contributed by atoms with Crippen LogP contribution in [0.4, 0.5) is 4.39 Å². The number of hydrogen-bond acceptors (Lipinski definition) is 5. The van der Waals surface area contributed by atoms with E-state index in [9.17, 15) is 9.18 Å². The van der Waals surface area contributed by atoms with Crippen LogP contribution in [0.5, 0.6) is 11.5 Å². The molecular formula is C23H21FN2O4. The van der Waals surface area contributed by atoms with Crippen molar-refractivity contribution >= 4 is 5.91 Å². The lowest BCUT2D eigenvalue weighted by molar-refractivity contribution is 0.0598. The minimum absolute atomic E-state index is 0.166. The van der Waals surface area contributed by atoms with Crippen molar-refractivity contribution in [2.45, 2.75) is 6.54 Å². The summed E-state index contributed by atoms with van der Waals surface area (Å²) in [6.07, 6.45) is 0. The van der Waals surface area contributed by atoms with E-state index in [4.69, 9.17) is 13.9 Å². The fraction of sp³-hybridized carbons (Fsp3) is 0.261. The average molecular weight is 408 g/mol. The van der Waals surface area contributed by atoms with E-state index < -0.39 is 0 Å². The average Bonchev–Trinajstić information content (AvgIpc) is 3.43. The second kappa shape index (κ2) is 7.84. The SMILES string of the molecule is O=C(c1ccc(-c2ccccc2F)o1)N1CCN(Cc2ccc3c(c2)OCO3)CC1. The third-order valence-electron chi connectivity index (χ3n) is 5.46. The summed E-state index contributed by atoms with van der Waals surface area (Å²) < 4.78 is 30.4. The standard InChI is InChI=1S/C23H21FN2O4/c24-18-4-2-1-3-17(18)19-7-8-21(30-19)23(27)26-11-9-25(10-12-26)14-16-5-6-20-22(13-16)29-15-28-20/h1-8,13H,9-12,14-15H2. The van der Waals surface area contributed by atoms with Gasteiger partial charge in [0.25, 0.3) is 5.91 Å². The van der Waals surface area contributed by atoms with Gasteiger partial charge in [-0.3, -0.25) is 9.69 Å². The molecular weight excluding hydrogens is 387 g/mol. The van der Waals surface area contributed by atoms with Crippen LogP contribution in [0.3, 0.4) is 0 Å². The van der Waals surface area contributed by atoms with Crippen LogP contribution < -0.4 is 9.47 Å². The van der Waals surface area contributed by atoms with Crippen molar-refractivity contribution in [3.05, 3.63) is 71.7 Å². The zero-order valence-electron chi connectivity index (χ0n) is 16.3. The number of benzene rings is 2. The molecule has 2 aliphatic rings. The molecule has 3 aromatic rings. The van der Waals surface area contributed by atoms with Gasteiger partial charge in [0.05, 0.1) is 5.56 Å². The number of amides is 1. The van der Waals surface area contributed by atoms with Crippen molar-refractivity contribution in [1.82, 2.24) is 9.80 Å². The molecule has 0 saturated carbocycles. The maximum absolute atomic E-state index is 14.0. The van der Waals surface area contributed by atoms with Gasteiger partial charge in [0.1, 0.15) is 11.6 Å².